The highest BCUT2D eigenvalue weighted by Gasteiger charge is 2.32. The van der Waals surface area contributed by atoms with Crippen molar-refractivity contribution in [1.82, 2.24) is 0 Å². The number of benzene rings is 2. The lowest BCUT2D eigenvalue weighted by atomic mass is 9.92. The van der Waals surface area contributed by atoms with E-state index in [1.165, 1.54) is 12.1 Å². The molecule has 1 aliphatic rings. The van der Waals surface area contributed by atoms with Gasteiger partial charge in [0, 0.05) is 6.42 Å². The van der Waals surface area contributed by atoms with Crippen molar-refractivity contribution >= 4 is 5.78 Å². The lowest BCUT2D eigenvalue weighted by Crippen LogP contribution is -2.44. The second-order valence-electron chi connectivity index (χ2n) is 7.53. The number of Topliss-reactive ketones (excluding diaryl/α,β-unsaturated/α-hetero) is 1. The van der Waals surface area contributed by atoms with Crippen molar-refractivity contribution in [3.8, 4) is 16.9 Å². The summed E-state index contributed by atoms with van der Waals surface area (Å²) < 4.78 is 19.7. The summed E-state index contributed by atoms with van der Waals surface area (Å²) in [6, 6.07) is 12.0. The van der Waals surface area contributed by atoms with Crippen LogP contribution in [-0.2, 0) is 11.2 Å². The summed E-state index contributed by atoms with van der Waals surface area (Å²) >= 11 is 0. The molecule has 1 saturated carbocycles. The van der Waals surface area contributed by atoms with Crippen molar-refractivity contribution in [3.63, 3.8) is 0 Å². The van der Waals surface area contributed by atoms with E-state index in [4.69, 9.17) is 4.74 Å². The minimum Gasteiger partial charge on any atom is -0.488 e. The molecule has 2 aromatic carbocycles. The number of aliphatic hydroxyl groups is 2. The second kappa shape index (κ2) is 9.30. The molecular formula is C23H27FO4. The number of carbonyl (C=O) groups is 1. The Kier molecular flexibility index (Phi) is 6.81. The maximum atomic E-state index is 13.8. The van der Waals surface area contributed by atoms with E-state index < -0.39 is 18.3 Å². The lowest BCUT2D eigenvalue weighted by Gasteiger charge is -2.32. The van der Waals surface area contributed by atoms with E-state index in [9.17, 15) is 19.4 Å². The Morgan fingerprint density at radius 1 is 1.18 bits per heavy atom. The van der Waals surface area contributed by atoms with Crippen LogP contribution in [0.1, 0.15) is 44.6 Å². The molecule has 3 atom stereocenters. The highest BCUT2D eigenvalue weighted by atomic mass is 19.1. The molecule has 0 amide bonds. The molecule has 0 aromatic heterocycles. The SMILES string of the molecule is CC(=O)CCCc1ccc(OC2CCCC(O)C2O)cc1-c1cccc(F)c1. The Morgan fingerprint density at radius 2 is 2.00 bits per heavy atom. The molecule has 4 nitrogen and oxygen atoms in total. The van der Waals surface area contributed by atoms with Crippen LogP contribution >= 0.6 is 0 Å². The van der Waals surface area contributed by atoms with E-state index in [0.29, 0.717) is 31.4 Å². The van der Waals surface area contributed by atoms with Gasteiger partial charge in [-0.1, -0.05) is 18.2 Å². The Balaban J connectivity index is 1.86. The largest absolute Gasteiger partial charge is 0.488 e. The monoisotopic (exact) mass is 386 g/mol. The number of aliphatic hydroxyl groups excluding tert-OH is 2. The Bertz CT molecular complexity index is 820. The minimum absolute atomic E-state index is 0.150. The van der Waals surface area contributed by atoms with Crippen LogP contribution < -0.4 is 4.74 Å². The molecule has 1 aliphatic carbocycles. The highest BCUT2D eigenvalue weighted by molar-refractivity contribution is 5.75. The molecule has 0 aliphatic heterocycles. The normalized spacial score (nSPS) is 22.1. The third-order valence-corrected chi connectivity index (χ3v) is 5.24. The first kappa shape index (κ1) is 20.5. The zero-order valence-corrected chi connectivity index (χ0v) is 16.1. The predicted octanol–water partition coefficient (Wildman–Crippen LogP) is 4.06. The topological polar surface area (TPSA) is 66.8 Å². The van der Waals surface area contributed by atoms with Crippen molar-refractivity contribution in [2.45, 2.75) is 63.8 Å². The average Bonchev–Trinajstić information content (AvgIpc) is 2.66. The molecule has 28 heavy (non-hydrogen) atoms. The minimum atomic E-state index is -0.915. The number of hydrogen-bond acceptors (Lipinski definition) is 4. The van der Waals surface area contributed by atoms with Gasteiger partial charge in [0.1, 0.15) is 29.6 Å². The quantitative estimate of drug-likeness (QED) is 0.753. The maximum Gasteiger partial charge on any atom is 0.129 e. The van der Waals surface area contributed by atoms with Gasteiger partial charge in [-0.2, -0.15) is 0 Å². The fraction of sp³-hybridized carbons (Fsp3) is 0.435. The number of carbonyl (C=O) groups excluding carboxylic acids is 1. The first-order valence-electron chi connectivity index (χ1n) is 9.85. The molecular weight excluding hydrogens is 359 g/mol. The molecule has 3 unspecified atom stereocenters. The molecule has 2 N–H and O–H groups in total. The van der Waals surface area contributed by atoms with Gasteiger partial charge in [-0.05, 0) is 80.0 Å². The van der Waals surface area contributed by atoms with Gasteiger partial charge < -0.3 is 19.7 Å². The summed E-state index contributed by atoms with van der Waals surface area (Å²) in [6.45, 7) is 1.58. The van der Waals surface area contributed by atoms with E-state index in [1.54, 1.807) is 13.0 Å². The molecule has 0 heterocycles. The van der Waals surface area contributed by atoms with E-state index in [-0.39, 0.29) is 11.6 Å². The number of ketones is 1. The van der Waals surface area contributed by atoms with Crippen molar-refractivity contribution in [3.05, 3.63) is 53.8 Å². The van der Waals surface area contributed by atoms with Gasteiger partial charge in [-0.3, -0.25) is 0 Å². The van der Waals surface area contributed by atoms with Gasteiger partial charge in [0.05, 0.1) is 6.10 Å². The van der Waals surface area contributed by atoms with Gasteiger partial charge in [0.2, 0.25) is 0 Å². The van der Waals surface area contributed by atoms with Crippen LogP contribution in [-0.4, -0.2) is 34.3 Å². The predicted molar refractivity (Wildman–Crippen MR) is 106 cm³/mol. The zero-order valence-electron chi connectivity index (χ0n) is 16.1. The fourth-order valence-electron chi connectivity index (χ4n) is 3.72. The summed E-state index contributed by atoms with van der Waals surface area (Å²) in [6.07, 6.45) is 1.83. The Labute approximate surface area is 165 Å². The molecule has 0 bridgehead atoms. The summed E-state index contributed by atoms with van der Waals surface area (Å²) in [5, 5.41) is 20.1. The van der Waals surface area contributed by atoms with E-state index in [0.717, 1.165) is 29.5 Å². The van der Waals surface area contributed by atoms with Crippen molar-refractivity contribution in [2.75, 3.05) is 0 Å². The molecule has 1 fully saturated rings. The summed E-state index contributed by atoms with van der Waals surface area (Å²) in [4.78, 5) is 11.3. The van der Waals surface area contributed by atoms with Crippen molar-refractivity contribution < 1.29 is 24.1 Å². The van der Waals surface area contributed by atoms with Gasteiger partial charge in [0.15, 0.2) is 0 Å². The first-order valence-corrected chi connectivity index (χ1v) is 9.85. The fourth-order valence-corrected chi connectivity index (χ4v) is 3.72. The third-order valence-electron chi connectivity index (χ3n) is 5.24. The first-order chi connectivity index (χ1) is 13.4. The Hall–Kier alpha value is -2.24. The summed E-state index contributed by atoms with van der Waals surface area (Å²) in [5.74, 6) is 0.411. The zero-order chi connectivity index (χ0) is 20.1. The lowest BCUT2D eigenvalue weighted by molar-refractivity contribution is -0.117. The average molecular weight is 386 g/mol. The smallest absolute Gasteiger partial charge is 0.129 e. The van der Waals surface area contributed by atoms with Crippen LogP contribution in [0.2, 0.25) is 0 Å². The van der Waals surface area contributed by atoms with Crippen LogP contribution in [0.25, 0.3) is 11.1 Å². The number of rotatable bonds is 7. The van der Waals surface area contributed by atoms with Crippen molar-refractivity contribution in [1.29, 1.82) is 0 Å². The van der Waals surface area contributed by atoms with Gasteiger partial charge >= 0.3 is 0 Å². The summed E-state index contributed by atoms with van der Waals surface area (Å²) in [5.41, 5.74) is 2.61. The second-order valence-corrected chi connectivity index (χ2v) is 7.53. The number of ether oxygens (including phenoxy) is 1. The number of halogens is 1. The molecule has 3 rings (SSSR count). The molecule has 0 radical (unpaired) electrons. The Morgan fingerprint density at radius 3 is 2.75 bits per heavy atom. The van der Waals surface area contributed by atoms with Gasteiger partial charge in [-0.15, -0.1) is 0 Å². The highest BCUT2D eigenvalue weighted by Crippen LogP contribution is 2.32. The molecule has 0 saturated heterocycles. The van der Waals surface area contributed by atoms with E-state index in [1.807, 2.05) is 24.3 Å². The number of hydrogen-bond donors (Lipinski definition) is 2. The molecule has 5 heteroatoms. The van der Waals surface area contributed by atoms with Gasteiger partial charge in [0.25, 0.3) is 0 Å². The molecule has 0 spiro atoms. The standard InChI is InChI=1S/C23H27FO4/c1-15(25)5-2-6-16-11-12-19(28-22-10-4-9-21(26)23(22)27)14-20(16)17-7-3-8-18(24)13-17/h3,7-8,11-14,21-23,26-27H,2,4-6,9-10H2,1H3. The van der Waals surface area contributed by atoms with Crippen LogP contribution in [0.5, 0.6) is 5.75 Å². The third kappa shape index (κ3) is 5.18. The van der Waals surface area contributed by atoms with Crippen LogP contribution in [0.15, 0.2) is 42.5 Å². The van der Waals surface area contributed by atoms with Gasteiger partial charge in [-0.25, -0.2) is 4.39 Å². The molecule has 2 aromatic rings. The number of aryl methyl sites for hydroxylation is 1. The van der Waals surface area contributed by atoms with Crippen LogP contribution in [0, 0.1) is 5.82 Å². The van der Waals surface area contributed by atoms with Crippen LogP contribution in [0.3, 0.4) is 0 Å². The summed E-state index contributed by atoms with van der Waals surface area (Å²) in [7, 11) is 0. The van der Waals surface area contributed by atoms with Crippen LogP contribution in [0.4, 0.5) is 4.39 Å². The molecule has 150 valence electrons. The van der Waals surface area contributed by atoms with E-state index in [2.05, 4.69) is 0 Å². The van der Waals surface area contributed by atoms with E-state index >= 15 is 0 Å². The maximum absolute atomic E-state index is 13.8. The van der Waals surface area contributed by atoms with Crippen molar-refractivity contribution in [2.24, 2.45) is 0 Å².